The molecule has 1 aromatic heterocycles. The second kappa shape index (κ2) is 6.82. The minimum atomic E-state index is -0.314. The lowest BCUT2D eigenvalue weighted by molar-refractivity contribution is 0.449. The first kappa shape index (κ1) is 14.9. The molecule has 0 amide bonds. The molecule has 0 saturated heterocycles. The van der Waals surface area contributed by atoms with E-state index in [4.69, 9.17) is 11.6 Å². The zero-order chi connectivity index (χ0) is 14.5. The van der Waals surface area contributed by atoms with E-state index in [1.165, 1.54) is 17.8 Å². The van der Waals surface area contributed by atoms with Gasteiger partial charge in [-0.2, -0.15) is 0 Å². The molecule has 106 valence electrons. The zero-order valence-corrected chi connectivity index (χ0v) is 12.4. The molecule has 2 aromatic rings. The van der Waals surface area contributed by atoms with Gasteiger partial charge in [-0.05, 0) is 43.2 Å². The maximum atomic E-state index is 12.9. The van der Waals surface area contributed by atoms with Crippen LogP contribution >= 0.6 is 11.6 Å². The lowest BCUT2D eigenvalue weighted by Gasteiger charge is -2.22. The molecule has 2 nitrogen and oxygen atoms in total. The van der Waals surface area contributed by atoms with Gasteiger partial charge in [-0.3, -0.25) is 4.98 Å². The van der Waals surface area contributed by atoms with Crippen LogP contribution in [0.5, 0.6) is 0 Å². The summed E-state index contributed by atoms with van der Waals surface area (Å²) in [5.74, 6) is -0.314. The summed E-state index contributed by atoms with van der Waals surface area (Å²) in [5.41, 5.74) is 2.02. The number of pyridine rings is 1. The van der Waals surface area contributed by atoms with Crippen LogP contribution in [0.15, 0.2) is 42.6 Å². The number of nitrogens with zero attached hydrogens (tertiary/aromatic N) is 1. The van der Waals surface area contributed by atoms with Crippen molar-refractivity contribution in [2.75, 3.05) is 0 Å². The number of nitrogens with one attached hydrogen (secondary N) is 1. The Labute approximate surface area is 124 Å². The minimum absolute atomic E-state index is 0.0521. The topological polar surface area (TPSA) is 24.9 Å². The SMILES string of the molecule is CCC(NC(C)c1ccc(F)cn1)c1ccc(Cl)cc1. The number of benzene rings is 1. The van der Waals surface area contributed by atoms with Crippen molar-refractivity contribution in [2.24, 2.45) is 0 Å². The number of hydrogen-bond acceptors (Lipinski definition) is 2. The second-order valence-corrected chi connectivity index (χ2v) is 5.24. The summed E-state index contributed by atoms with van der Waals surface area (Å²) >= 11 is 5.91. The first-order valence-corrected chi connectivity index (χ1v) is 7.11. The van der Waals surface area contributed by atoms with Gasteiger partial charge in [-0.1, -0.05) is 30.7 Å². The van der Waals surface area contributed by atoms with E-state index in [-0.39, 0.29) is 17.9 Å². The molecule has 4 heteroatoms. The van der Waals surface area contributed by atoms with E-state index in [0.717, 1.165) is 17.1 Å². The van der Waals surface area contributed by atoms with E-state index in [0.29, 0.717) is 0 Å². The molecule has 0 spiro atoms. The Balaban J connectivity index is 2.09. The molecular formula is C16H18ClFN2. The molecule has 0 aliphatic rings. The molecule has 1 heterocycles. The Morgan fingerprint density at radius 1 is 1.20 bits per heavy atom. The fourth-order valence-corrected chi connectivity index (χ4v) is 2.30. The van der Waals surface area contributed by atoms with Gasteiger partial charge in [0.25, 0.3) is 0 Å². The van der Waals surface area contributed by atoms with Crippen LogP contribution in [0, 0.1) is 5.82 Å². The molecule has 20 heavy (non-hydrogen) atoms. The first-order chi connectivity index (χ1) is 9.60. The van der Waals surface area contributed by atoms with Gasteiger partial charge < -0.3 is 5.32 Å². The molecule has 1 aromatic carbocycles. The van der Waals surface area contributed by atoms with E-state index in [9.17, 15) is 4.39 Å². The summed E-state index contributed by atoms with van der Waals surface area (Å²) in [5, 5.41) is 4.24. The standard InChI is InChI=1S/C16H18ClFN2/c1-3-15(12-4-6-13(17)7-5-12)20-11(2)16-9-8-14(18)10-19-16/h4-11,15,20H,3H2,1-2H3. The quantitative estimate of drug-likeness (QED) is 0.866. The largest absolute Gasteiger partial charge is 0.302 e. The van der Waals surface area contributed by atoms with Crippen molar-refractivity contribution in [2.45, 2.75) is 32.4 Å². The maximum absolute atomic E-state index is 12.9. The number of aromatic nitrogens is 1. The number of rotatable bonds is 5. The van der Waals surface area contributed by atoms with Gasteiger partial charge in [0.2, 0.25) is 0 Å². The predicted octanol–water partition coefficient (Wildman–Crippen LogP) is 4.68. The van der Waals surface area contributed by atoms with Crippen molar-refractivity contribution in [3.8, 4) is 0 Å². The Bertz CT molecular complexity index is 539. The average Bonchev–Trinajstić information content (AvgIpc) is 2.46. The lowest BCUT2D eigenvalue weighted by atomic mass is 10.0. The monoisotopic (exact) mass is 292 g/mol. The number of hydrogen-bond donors (Lipinski definition) is 1. The van der Waals surface area contributed by atoms with E-state index in [1.54, 1.807) is 6.07 Å². The zero-order valence-electron chi connectivity index (χ0n) is 11.6. The van der Waals surface area contributed by atoms with Crippen LogP contribution in [-0.2, 0) is 0 Å². The molecule has 1 N–H and O–H groups in total. The highest BCUT2D eigenvalue weighted by Gasteiger charge is 2.14. The van der Waals surface area contributed by atoms with Crippen molar-refractivity contribution in [1.82, 2.24) is 10.3 Å². The molecule has 0 bridgehead atoms. The van der Waals surface area contributed by atoms with Crippen molar-refractivity contribution in [1.29, 1.82) is 0 Å². The van der Waals surface area contributed by atoms with Crippen molar-refractivity contribution in [3.63, 3.8) is 0 Å². The van der Waals surface area contributed by atoms with Gasteiger partial charge in [0.05, 0.1) is 11.9 Å². The van der Waals surface area contributed by atoms with E-state index < -0.39 is 0 Å². The molecule has 2 rings (SSSR count). The van der Waals surface area contributed by atoms with Crippen LogP contribution < -0.4 is 5.32 Å². The van der Waals surface area contributed by atoms with Gasteiger partial charge in [-0.25, -0.2) is 4.39 Å². The summed E-state index contributed by atoms with van der Waals surface area (Å²) in [7, 11) is 0. The molecule has 0 aliphatic carbocycles. The Morgan fingerprint density at radius 2 is 1.90 bits per heavy atom. The summed E-state index contributed by atoms with van der Waals surface area (Å²) in [6.07, 6.45) is 2.20. The Morgan fingerprint density at radius 3 is 2.45 bits per heavy atom. The third-order valence-corrected chi connectivity index (χ3v) is 3.58. The van der Waals surface area contributed by atoms with E-state index in [1.807, 2.05) is 31.2 Å². The Hall–Kier alpha value is -1.45. The normalized spacial score (nSPS) is 14.0. The second-order valence-electron chi connectivity index (χ2n) is 4.80. The van der Waals surface area contributed by atoms with E-state index >= 15 is 0 Å². The summed E-state index contributed by atoms with van der Waals surface area (Å²) in [6.45, 7) is 4.15. The van der Waals surface area contributed by atoms with Crippen LogP contribution in [0.1, 0.15) is 43.6 Å². The summed E-state index contributed by atoms with van der Waals surface area (Å²) < 4.78 is 12.9. The molecular weight excluding hydrogens is 275 g/mol. The van der Waals surface area contributed by atoms with Gasteiger partial charge in [0.15, 0.2) is 0 Å². The molecule has 0 radical (unpaired) electrons. The lowest BCUT2D eigenvalue weighted by Crippen LogP contribution is -2.24. The highest BCUT2D eigenvalue weighted by atomic mass is 35.5. The van der Waals surface area contributed by atoms with Crippen LogP contribution in [0.4, 0.5) is 4.39 Å². The highest BCUT2D eigenvalue weighted by Crippen LogP contribution is 2.22. The Kier molecular flexibility index (Phi) is 5.10. The molecule has 2 unspecified atom stereocenters. The van der Waals surface area contributed by atoms with Gasteiger partial charge in [-0.15, -0.1) is 0 Å². The van der Waals surface area contributed by atoms with Gasteiger partial charge in [0.1, 0.15) is 5.82 Å². The molecule has 2 atom stereocenters. The van der Waals surface area contributed by atoms with Crippen LogP contribution in [0.2, 0.25) is 5.02 Å². The van der Waals surface area contributed by atoms with Gasteiger partial charge in [0, 0.05) is 17.1 Å². The van der Waals surface area contributed by atoms with Crippen molar-refractivity contribution in [3.05, 3.63) is 64.7 Å². The smallest absolute Gasteiger partial charge is 0.141 e. The first-order valence-electron chi connectivity index (χ1n) is 6.73. The molecule has 0 fully saturated rings. The maximum Gasteiger partial charge on any atom is 0.141 e. The fraction of sp³-hybridized carbons (Fsp3) is 0.312. The summed E-state index contributed by atoms with van der Waals surface area (Å²) in [4.78, 5) is 4.11. The predicted molar refractivity (Wildman–Crippen MR) is 80.2 cm³/mol. The highest BCUT2D eigenvalue weighted by molar-refractivity contribution is 6.30. The third-order valence-electron chi connectivity index (χ3n) is 3.33. The van der Waals surface area contributed by atoms with Crippen LogP contribution in [0.3, 0.4) is 0 Å². The average molecular weight is 293 g/mol. The van der Waals surface area contributed by atoms with Crippen LogP contribution in [-0.4, -0.2) is 4.98 Å². The molecule has 0 aliphatic heterocycles. The minimum Gasteiger partial charge on any atom is -0.302 e. The third kappa shape index (κ3) is 3.78. The van der Waals surface area contributed by atoms with E-state index in [2.05, 4.69) is 17.2 Å². The van der Waals surface area contributed by atoms with Crippen molar-refractivity contribution < 1.29 is 4.39 Å². The fourth-order valence-electron chi connectivity index (χ4n) is 2.18. The van der Waals surface area contributed by atoms with Crippen LogP contribution in [0.25, 0.3) is 0 Å². The number of halogens is 2. The molecule has 0 saturated carbocycles. The summed E-state index contributed by atoms with van der Waals surface area (Å²) in [6, 6.07) is 11.2. The van der Waals surface area contributed by atoms with Gasteiger partial charge >= 0.3 is 0 Å². The van der Waals surface area contributed by atoms with Crippen molar-refractivity contribution >= 4 is 11.6 Å².